The Balaban J connectivity index is 1.46. The summed E-state index contributed by atoms with van der Waals surface area (Å²) in [6.07, 6.45) is 3.66. The third-order valence-corrected chi connectivity index (χ3v) is 7.21. The second kappa shape index (κ2) is 10.7. The lowest BCUT2D eigenvalue weighted by Gasteiger charge is -2.14. The van der Waals surface area contributed by atoms with Crippen molar-refractivity contribution in [2.75, 3.05) is 0 Å². The first kappa shape index (κ1) is 24.7. The highest BCUT2D eigenvalue weighted by atomic mass is 16.5. The van der Waals surface area contributed by atoms with Gasteiger partial charge < -0.3 is 9.30 Å². The van der Waals surface area contributed by atoms with Gasteiger partial charge in [0.2, 0.25) is 0 Å². The van der Waals surface area contributed by atoms with E-state index in [9.17, 15) is 4.79 Å². The predicted octanol–water partition coefficient (Wildman–Crippen LogP) is 7.22. The van der Waals surface area contributed by atoms with Gasteiger partial charge in [-0.25, -0.2) is 0 Å². The molecule has 7 rings (SSSR count). The van der Waals surface area contributed by atoms with Gasteiger partial charge in [0, 0.05) is 23.3 Å². The van der Waals surface area contributed by atoms with Crippen molar-refractivity contribution in [1.29, 1.82) is 0 Å². The van der Waals surface area contributed by atoms with Gasteiger partial charge in [-0.05, 0) is 34.9 Å². The smallest absolute Gasteiger partial charge is 0.282 e. The fraction of sp³-hybridized carbons (Fsp3) is 0.0571. The molecule has 0 unspecified atom stereocenters. The van der Waals surface area contributed by atoms with E-state index in [-0.39, 0.29) is 12.3 Å². The van der Waals surface area contributed by atoms with Crippen LogP contribution in [0, 0.1) is 0 Å². The lowest BCUT2D eigenvalue weighted by molar-refractivity contribution is 0.0658. The van der Waals surface area contributed by atoms with Crippen molar-refractivity contribution >= 4 is 16.6 Å². The Labute approximate surface area is 236 Å². The molecule has 0 N–H and O–H groups in total. The standard InChI is InChI=1S/C35H26N4O2/c40-35-30(28-18-19-31-29(21-28)17-10-20-36-31)22-38(24-41-23-25-11-4-1-5-12-25)34-32(26-13-6-2-7-14-26)33(37-39(34)35)27-15-8-3-9-16-27/h1-22H,23-24H2. The molecule has 0 saturated heterocycles. The molecule has 6 heteroatoms. The number of ether oxygens (including phenoxy) is 1. The summed E-state index contributed by atoms with van der Waals surface area (Å²) in [4.78, 5) is 18.6. The summed E-state index contributed by atoms with van der Waals surface area (Å²) < 4.78 is 9.75. The number of hydrogen-bond acceptors (Lipinski definition) is 4. The lowest BCUT2D eigenvalue weighted by Crippen LogP contribution is -2.21. The molecule has 198 valence electrons. The number of pyridine rings is 1. The van der Waals surface area contributed by atoms with Gasteiger partial charge in [-0.3, -0.25) is 9.78 Å². The molecule has 0 aliphatic carbocycles. The minimum atomic E-state index is -0.193. The van der Waals surface area contributed by atoms with Crippen LogP contribution < -0.4 is 5.56 Å². The van der Waals surface area contributed by atoms with Gasteiger partial charge in [-0.2, -0.15) is 9.61 Å². The van der Waals surface area contributed by atoms with Crippen molar-refractivity contribution in [3.63, 3.8) is 0 Å². The number of fused-ring (bicyclic) bond motifs is 2. The molecule has 41 heavy (non-hydrogen) atoms. The molecular formula is C35H26N4O2. The molecule has 7 aromatic rings. The minimum absolute atomic E-state index is 0.193. The summed E-state index contributed by atoms with van der Waals surface area (Å²) in [6.45, 7) is 0.678. The highest BCUT2D eigenvalue weighted by molar-refractivity contribution is 5.91. The molecule has 3 heterocycles. The molecule has 6 nitrogen and oxygen atoms in total. The van der Waals surface area contributed by atoms with E-state index in [1.807, 2.05) is 132 Å². The Kier molecular flexibility index (Phi) is 6.43. The quantitative estimate of drug-likeness (QED) is 0.217. The number of hydrogen-bond donors (Lipinski definition) is 0. The van der Waals surface area contributed by atoms with Crippen LogP contribution in [0.1, 0.15) is 5.56 Å². The van der Waals surface area contributed by atoms with E-state index in [0.29, 0.717) is 17.8 Å². The fourth-order valence-corrected chi connectivity index (χ4v) is 5.25. The average Bonchev–Trinajstić information content (AvgIpc) is 3.45. The number of rotatable bonds is 7. The van der Waals surface area contributed by atoms with E-state index in [1.54, 1.807) is 6.20 Å². The van der Waals surface area contributed by atoms with Crippen LogP contribution >= 0.6 is 0 Å². The molecule has 4 aromatic carbocycles. The average molecular weight is 535 g/mol. The van der Waals surface area contributed by atoms with Gasteiger partial charge in [0.25, 0.3) is 5.56 Å². The van der Waals surface area contributed by atoms with E-state index in [1.165, 1.54) is 4.52 Å². The Morgan fingerprint density at radius 1 is 0.707 bits per heavy atom. The molecule has 0 saturated carbocycles. The van der Waals surface area contributed by atoms with Crippen molar-refractivity contribution < 1.29 is 4.74 Å². The summed E-state index contributed by atoms with van der Waals surface area (Å²) in [5.74, 6) is 0. The monoisotopic (exact) mass is 534 g/mol. The van der Waals surface area contributed by atoms with E-state index in [4.69, 9.17) is 9.84 Å². The van der Waals surface area contributed by atoms with Gasteiger partial charge in [0.05, 0.1) is 23.3 Å². The first-order chi connectivity index (χ1) is 20.3. The van der Waals surface area contributed by atoms with E-state index >= 15 is 0 Å². The van der Waals surface area contributed by atoms with E-state index in [0.717, 1.165) is 44.4 Å². The summed E-state index contributed by atoms with van der Waals surface area (Å²) in [5, 5.41) is 5.91. The Hall–Kier alpha value is -5.33. The Morgan fingerprint density at radius 3 is 2.17 bits per heavy atom. The highest BCUT2D eigenvalue weighted by Crippen LogP contribution is 2.35. The Bertz CT molecular complexity index is 2030. The maximum atomic E-state index is 14.2. The zero-order chi connectivity index (χ0) is 27.6. The largest absolute Gasteiger partial charge is 0.356 e. The van der Waals surface area contributed by atoms with Gasteiger partial charge >= 0.3 is 0 Å². The molecule has 0 amide bonds. The SMILES string of the molecule is O=c1c(-c2ccc3ncccc3c2)cn(COCc2ccccc2)c2c(-c3ccccc3)c(-c3ccccc3)nn12. The topological polar surface area (TPSA) is 61.4 Å². The lowest BCUT2D eigenvalue weighted by atomic mass is 10.0. The second-order valence-corrected chi connectivity index (χ2v) is 9.88. The van der Waals surface area contributed by atoms with Crippen molar-refractivity contribution in [2.24, 2.45) is 0 Å². The van der Waals surface area contributed by atoms with E-state index < -0.39 is 0 Å². The maximum Gasteiger partial charge on any atom is 0.282 e. The molecular weight excluding hydrogens is 508 g/mol. The van der Waals surface area contributed by atoms with Crippen LogP contribution in [0.3, 0.4) is 0 Å². The van der Waals surface area contributed by atoms with Gasteiger partial charge in [-0.1, -0.05) is 103 Å². The zero-order valence-corrected chi connectivity index (χ0v) is 22.2. The number of aromatic nitrogens is 4. The molecule has 0 aliphatic heterocycles. The summed E-state index contributed by atoms with van der Waals surface area (Å²) >= 11 is 0. The van der Waals surface area contributed by atoms with Crippen molar-refractivity contribution in [3.05, 3.63) is 150 Å². The van der Waals surface area contributed by atoms with Crippen LogP contribution in [0.15, 0.2) is 139 Å². The van der Waals surface area contributed by atoms with Crippen LogP contribution in [-0.4, -0.2) is 19.2 Å². The normalized spacial score (nSPS) is 11.3. The van der Waals surface area contributed by atoms with Crippen LogP contribution in [0.25, 0.3) is 50.1 Å². The van der Waals surface area contributed by atoms with Crippen LogP contribution in [-0.2, 0) is 18.1 Å². The molecule has 0 atom stereocenters. The maximum absolute atomic E-state index is 14.2. The van der Waals surface area contributed by atoms with Crippen molar-refractivity contribution in [3.8, 4) is 33.5 Å². The zero-order valence-electron chi connectivity index (χ0n) is 22.2. The molecule has 3 aromatic heterocycles. The number of benzene rings is 4. The summed E-state index contributed by atoms with van der Waals surface area (Å²) in [5.41, 5.74) is 7.31. The summed E-state index contributed by atoms with van der Waals surface area (Å²) in [6, 6.07) is 39.9. The van der Waals surface area contributed by atoms with Crippen LogP contribution in [0.2, 0.25) is 0 Å². The molecule has 0 radical (unpaired) electrons. The summed E-state index contributed by atoms with van der Waals surface area (Å²) in [7, 11) is 0. The van der Waals surface area contributed by atoms with Crippen LogP contribution in [0.5, 0.6) is 0 Å². The van der Waals surface area contributed by atoms with Crippen molar-refractivity contribution in [2.45, 2.75) is 13.3 Å². The third kappa shape index (κ3) is 4.71. The van der Waals surface area contributed by atoms with Gasteiger partial charge in [0.1, 0.15) is 18.1 Å². The second-order valence-electron chi connectivity index (χ2n) is 9.88. The molecule has 0 spiro atoms. The van der Waals surface area contributed by atoms with Gasteiger partial charge in [-0.15, -0.1) is 0 Å². The minimum Gasteiger partial charge on any atom is -0.356 e. The molecule has 0 bridgehead atoms. The fourth-order valence-electron chi connectivity index (χ4n) is 5.25. The predicted molar refractivity (Wildman–Crippen MR) is 162 cm³/mol. The first-order valence-corrected chi connectivity index (χ1v) is 13.5. The third-order valence-electron chi connectivity index (χ3n) is 7.21. The highest BCUT2D eigenvalue weighted by Gasteiger charge is 2.22. The van der Waals surface area contributed by atoms with E-state index in [2.05, 4.69) is 4.98 Å². The first-order valence-electron chi connectivity index (χ1n) is 13.5. The Morgan fingerprint density at radius 2 is 1.41 bits per heavy atom. The number of nitrogens with zero attached hydrogens (tertiary/aromatic N) is 4. The molecule has 0 fully saturated rings. The van der Waals surface area contributed by atoms with Gasteiger partial charge in [0.15, 0.2) is 0 Å². The van der Waals surface area contributed by atoms with Crippen molar-refractivity contribution in [1.82, 2.24) is 19.2 Å². The molecule has 0 aliphatic rings. The van der Waals surface area contributed by atoms with Crippen LogP contribution in [0.4, 0.5) is 0 Å².